The van der Waals surface area contributed by atoms with Crippen molar-refractivity contribution in [2.24, 2.45) is 0 Å². The summed E-state index contributed by atoms with van der Waals surface area (Å²) in [6, 6.07) is 11.8. The van der Waals surface area contributed by atoms with Gasteiger partial charge in [0.15, 0.2) is 16.6 Å². The molecule has 0 amide bonds. The van der Waals surface area contributed by atoms with Crippen LogP contribution in [0.15, 0.2) is 48.8 Å². The summed E-state index contributed by atoms with van der Waals surface area (Å²) in [5, 5.41) is 29.2. The van der Waals surface area contributed by atoms with Crippen molar-refractivity contribution in [3.8, 4) is 27.9 Å². The molecule has 0 radical (unpaired) electrons. The molecular weight excluding hydrogens is 342 g/mol. The van der Waals surface area contributed by atoms with Gasteiger partial charge < -0.3 is 15.3 Å². The lowest BCUT2D eigenvalue weighted by molar-refractivity contribution is 0.0702. The van der Waals surface area contributed by atoms with Crippen molar-refractivity contribution in [2.45, 2.75) is 0 Å². The number of aromatic nitrogens is 3. The first kappa shape index (κ1) is 15.2. The van der Waals surface area contributed by atoms with Gasteiger partial charge in [0.2, 0.25) is 0 Å². The van der Waals surface area contributed by atoms with Crippen LogP contribution in [0.25, 0.3) is 27.4 Å². The average molecular weight is 353 g/mol. The molecule has 2 heterocycles. The van der Waals surface area contributed by atoms with E-state index in [4.69, 9.17) is 0 Å². The predicted molar refractivity (Wildman–Crippen MR) is 92.5 cm³/mol. The Hall–Kier alpha value is -3.39. The monoisotopic (exact) mass is 353 g/mol. The van der Waals surface area contributed by atoms with Crippen molar-refractivity contribution >= 4 is 28.3 Å². The number of hydrogen-bond donors (Lipinski definition) is 3. The Bertz CT molecular complexity index is 1100. The number of rotatable bonds is 3. The third kappa shape index (κ3) is 2.48. The van der Waals surface area contributed by atoms with Crippen molar-refractivity contribution in [1.82, 2.24) is 14.5 Å². The van der Waals surface area contributed by atoms with Crippen LogP contribution in [0.1, 0.15) is 9.67 Å². The smallest absolute Gasteiger partial charge is 0.348 e. The fourth-order valence-corrected chi connectivity index (χ4v) is 3.45. The van der Waals surface area contributed by atoms with Gasteiger partial charge in [-0.15, -0.1) is 0 Å². The van der Waals surface area contributed by atoms with Crippen LogP contribution in [0, 0.1) is 0 Å². The molecular formula is C17H11N3O4S. The zero-order valence-corrected chi connectivity index (χ0v) is 13.4. The van der Waals surface area contributed by atoms with Crippen molar-refractivity contribution < 1.29 is 20.1 Å². The van der Waals surface area contributed by atoms with Gasteiger partial charge in [0.1, 0.15) is 11.2 Å². The van der Waals surface area contributed by atoms with E-state index < -0.39 is 5.97 Å². The van der Waals surface area contributed by atoms with E-state index in [1.165, 1.54) is 18.5 Å². The summed E-state index contributed by atoms with van der Waals surface area (Å²) in [7, 11) is 0. The van der Waals surface area contributed by atoms with Gasteiger partial charge in [-0.2, -0.15) is 0 Å². The number of imidazole rings is 1. The second-order valence-corrected chi connectivity index (χ2v) is 6.27. The number of phenols is 2. The highest BCUT2D eigenvalue weighted by atomic mass is 32.1. The predicted octanol–water partition coefficient (Wildman–Crippen LogP) is 3.26. The van der Waals surface area contributed by atoms with Gasteiger partial charge in [0.05, 0.1) is 16.7 Å². The third-order valence-electron chi connectivity index (χ3n) is 3.71. The van der Waals surface area contributed by atoms with Gasteiger partial charge >= 0.3 is 5.97 Å². The second kappa shape index (κ2) is 5.60. The molecule has 0 aliphatic heterocycles. The Labute approximate surface area is 145 Å². The maximum absolute atomic E-state index is 11.6. The molecule has 4 aromatic rings. The number of thiazole rings is 1. The van der Waals surface area contributed by atoms with Crippen molar-refractivity contribution in [1.29, 1.82) is 0 Å². The number of aromatic carboxylic acids is 1. The Morgan fingerprint density at radius 1 is 1.08 bits per heavy atom. The summed E-state index contributed by atoms with van der Waals surface area (Å²) in [4.78, 5) is 20.4. The van der Waals surface area contributed by atoms with Crippen LogP contribution in [-0.4, -0.2) is 35.8 Å². The van der Waals surface area contributed by atoms with E-state index in [-0.39, 0.29) is 16.4 Å². The fraction of sp³-hybridized carbons (Fsp3) is 0. The number of nitrogens with zero attached hydrogens (tertiary/aromatic N) is 3. The van der Waals surface area contributed by atoms with Gasteiger partial charge in [-0.05, 0) is 0 Å². The minimum Gasteiger partial charge on any atom is -0.504 e. The molecule has 3 N–H and O–H groups in total. The molecule has 8 heteroatoms. The molecule has 0 fully saturated rings. The third-order valence-corrected chi connectivity index (χ3v) is 4.75. The summed E-state index contributed by atoms with van der Waals surface area (Å²) in [6.45, 7) is 0. The highest BCUT2D eigenvalue weighted by molar-refractivity contribution is 7.16. The SMILES string of the molecule is O=C(O)c1sc(-n2cnc3cc(O)c(O)cc32)nc1-c1ccccc1. The quantitative estimate of drug-likeness (QED) is 0.488. The van der Waals surface area contributed by atoms with E-state index in [1.54, 1.807) is 16.7 Å². The van der Waals surface area contributed by atoms with Crippen molar-refractivity contribution in [3.63, 3.8) is 0 Å². The van der Waals surface area contributed by atoms with Gasteiger partial charge in [-0.25, -0.2) is 14.8 Å². The van der Waals surface area contributed by atoms with Crippen LogP contribution in [0.5, 0.6) is 11.5 Å². The Kier molecular flexibility index (Phi) is 3.40. The van der Waals surface area contributed by atoms with Gasteiger partial charge in [0, 0.05) is 17.7 Å². The molecule has 0 bridgehead atoms. The maximum atomic E-state index is 11.6. The summed E-state index contributed by atoms with van der Waals surface area (Å²) in [5.41, 5.74) is 2.05. The summed E-state index contributed by atoms with van der Waals surface area (Å²) in [5.74, 6) is -1.62. The molecule has 124 valence electrons. The van der Waals surface area contributed by atoms with E-state index in [0.717, 1.165) is 11.3 Å². The topological polar surface area (TPSA) is 108 Å². The van der Waals surface area contributed by atoms with E-state index in [9.17, 15) is 20.1 Å². The lowest BCUT2D eigenvalue weighted by Gasteiger charge is -2.01. The number of aromatic hydroxyl groups is 2. The molecule has 2 aromatic carbocycles. The number of benzene rings is 2. The van der Waals surface area contributed by atoms with Gasteiger partial charge in [-0.3, -0.25) is 4.57 Å². The first-order valence-corrected chi connectivity index (χ1v) is 8.05. The number of phenolic OH excluding ortho intramolecular Hbond substituents is 2. The number of hydrogen-bond acceptors (Lipinski definition) is 6. The molecule has 2 aromatic heterocycles. The molecule has 0 spiro atoms. The first-order chi connectivity index (χ1) is 12.0. The molecule has 0 unspecified atom stereocenters. The molecule has 4 rings (SSSR count). The van der Waals surface area contributed by atoms with Crippen LogP contribution in [0.2, 0.25) is 0 Å². The minimum absolute atomic E-state index is 0.117. The molecule has 0 saturated heterocycles. The van der Waals surface area contributed by atoms with E-state index in [1.807, 2.05) is 18.2 Å². The molecule has 0 atom stereocenters. The standard InChI is InChI=1S/C17H11N3O4S/c21-12-6-10-11(7-13(12)22)20(8-18-10)17-19-14(15(25-17)16(23)24)9-4-2-1-3-5-9/h1-8,21-22H,(H,23,24). The summed E-state index contributed by atoms with van der Waals surface area (Å²) < 4.78 is 1.58. The average Bonchev–Trinajstić information content (AvgIpc) is 3.20. The minimum atomic E-state index is -1.06. The molecule has 0 saturated carbocycles. The van der Waals surface area contributed by atoms with Crippen LogP contribution >= 0.6 is 11.3 Å². The Balaban J connectivity index is 1.93. The zero-order valence-electron chi connectivity index (χ0n) is 12.6. The Morgan fingerprint density at radius 2 is 1.80 bits per heavy atom. The van der Waals surface area contributed by atoms with Crippen molar-refractivity contribution in [3.05, 3.63) is 53.7 Å². The van der Waals surface area contributed by atoms with Crippen LogP contribution in [-0.2, 0) is 0 Å². The zero-order chi connectivity index (χ0) is 17.6. The van der Waals surface area contributed by atoms with E-state index >= 15 is 0 Å². The van der Waals surface area contributed by atoms with Crippen molar-refractivity contribution in [2.75, 3.05) is 0 Å². The van der Waals surface area contributed by atoms with Crippen LogP contribution in [0.4, 0.5) is 0 Å². The number of fused-ring (bicyclic) bond motifs is 1. The fourth-order valence-electron chi connectivity index (χ4n) is 2.53. The molecule has 0 aliphatic rings. The Morgan fingerprint density at radius 3 is 2.52 bits per heavy atom. The van der Waals surface area contributed by atoms with Gasteiger partial charge in [0.25, 0.3) is 0 Å². The van der Waals surface area contributed by atoms with E-state index in [2.05, 4.69) is 9.97 Å². The summed E-state index contributed by atoms with van der Waals surface area (Å²) >= 11 is 1.01. The van der Waals surface area contributed by atoms with Crippen LogP contribution < -0.4 is 0 Å². The highest BCUT2D eigenvalue weighted by Crippen LogP contribution is 2.34. The maximum Gasteiger partial charge on any atom is 0.348 e. The number of carboxylic acids is 1. The number of carboxylic acid groups (broad SMARTS) is 1. The number of carbonyl (C=O) groups is 1. The summed E-state index contributed by atoms with van der Waals surface area (Å²) in [6.07, 6.45) is 1.47. The lowest BCUT2D eigenvalue weighted by atomic mass is 10.1. The van der Waals surface area contributed by atoms with Crippen LogP contribution in [0.3, 0.4) is 0 Å². The molecule has 7 nitrogen and oxygen atoms in total. The highest BCUT2D eigenvalue weighted by Gasteiger charge is 2.21. The normalized spacial score (nSPS) is 11.0. The molecule has 25 heavy (non-hydrogen) atoms. The second-order valence-electron chi connectivity index (χ2n) is 5.29. The first-order valence-electron chi connectivity index (χ1n) is 7.23. The largest absolute Gasteiger partial charge is 0.504 e. The molecule has 0 aliphatic carbocycles. The lowest BCUT2D eigenvalue weighted by Crippen LogP contribution is -1.95. The van der Waals surface area contributed by atoms with E-state index in [0.29, 0.717) is 27.4 Å². The van der Waals surface area contributed by atoms with Gasteiger partial charge in [-0.1, -0.05) is 41.7 Å².